The van der Waals surface area contributed by atoms with Crippen LogP contribution in [0.25, 0.3) is 11.6 Å². The van der Waals surface area contributed by atoms with Gasteiger partial charge in [-0.2, -0.15) is 0 Å². The number of imide groups is 1. The van der Waals surface area contributed by atoms with Gasteiger partial charge in [0.25, 0.3) is 11.8 Å². The summed E-state index contributed by atoms with van der Waals surface area (Å²) in [7, 11) is 0. The van der Waals surface area contributed by atoms with E-state index in [2.05, 4.69) is 45.0 Å². The van der Waals surface area contributed by atoms with Gasteiger partial charge in [-0.1, -0.05) is 13.8 Å². The van der Waals surface area contributed by atoms with Gasteiger partial charge < -0.3 is 64.3 Å². The van der Waals surface area contributed by atoms with Gasteiger partial charge in [-0.25, -0.2) is 23.7 Å². The molecule has 0 atom stereocenters. The van der Waals surface area contributed by atoms with Crippen LogP contribution in [-0.4, -0.2) is 160 Å². The Bertz CT molecular complexity index is 2200. The van der Waals surface area contributed by atoms with E-state index >= 15 is 0 Å². The number of likely N-dealkylation sites (N-methyl/N-ethyl adjacent to an activating group) is 1. The van der Waals surface area contributed by atoms with Crippen molar-refractivity contribution < 1.29 is 66.3 Å². The van der Waals surface area contributed by atoms with Crippen molar-refractivity contribution in [2.24, 2.45) is 0 Å². The zero-order chi connectivity index (χ0) is 56.1. The summed E-state index contributed by atoms with van der Waals surface area (Å²) in [5.41, 5.74) is 0.511. The van der Waals surface area contributed by atoms with Crippen molar-refractivity contribution in [3.8, 4) is 0 Å². The summed E-state index contributed by atoms with van der Waals surface area (Å²) in [6.45, 7) is 30.0. The molecule has 0 bridgehead atoms. The summed E-state index contributed by atoms with van der Waals surface area (Å²) >= 11 is 0. The molecule has 0 spiro atoms. The quantitative estimate of drug-likeness (QED) is 0.0288. The number of fused-ring (bicyclic) bond motifs is 1. The normalized spacial score (nSPS) is 13.6. The van der Waals surface area contributed by atoms with Crippen LogP contribution in [0.5, 0.6) is 0 Å². The minimum Gasteiger partial charge on any atom is -0.447 e. The number of ether oxygens (including phenoxy) is 7. The van der Waals surface area contributed by atoms with Gasteiger partial charge in [-0.15, -0.1) is 0 Å². The first-order valence-electron chi connectivity index (χ1n) is 25.9. The Kier molecular flexibility index (Phi) is 25.2. The topological polar surface area (TPSA) is 237 Å². The van der Waals surface area contributed by atoms with Crippen LogP contribution in [0.15, 0.2) is 18.2 Å². The largest absolute Gasteiger partial charge is 0.447 e. The molecule has 3 rings (SSSR count). The number of nitrogens with one attached hydrogen (secondary N) is 5. The molecule has 0 unspecified atom stereocenters. The van der Waals surface area contributed by atoms with E-state index in [0.717, 1.165) is 24.1 Å². The Morgan fingerprint density at radius 3 is 1.91 bits per heavy atom. The molecule has 2 heterocycles. The third kappa shape index (κ3) is 23.0. The van der Waals surface area contributed by atoms with E-state index in [0.29, 0.717) is 68.1 Å². The first-order valence-corrected chi connectivity index (χ1v) is 25.9. The second-order valence-electron chi connectivity index (χ2n) is 21.6. The maximum absolute atomic E-state index is 14.6. The molecule has 0 fully saturated rings. The number of aromatic amines is 1. The van der Waals surface area contributed by atoms with E-state index in [1.165, 1.54) is 18.2 Å². The van der Waals surface area contributed by atoms with Crippen molar-refractivity contribution >= 4 is 53.3 Å². The van der Waals surface area contributed by atoms with Crippen molar-refractivity contribution in [3.63, 3.8) is 0 Å². The van der Waals surface area contributed by atoms with Crippen molar-refractivity contribution in [1.82, 2.24) is 31.2 Å². The number of rotatable bonds is 30. The maximum atomic E-state index is 14.6. The van der Waals surface area contributed by atoms with Gasteiger partial charge in [0.2, 0.25) is 5.91 Å². The molecule has 1 aliphatic rings. The van der Waals surface area contributed by atoms with Gasteiger partial charge in [0, 0.05) is 73.9 Å². The minimum absolute atomic E-state index is 0.0386. The van der Waals surface area contributed by atoms with E-state index in [1.807, 2.05) is 69.2 Å². The standard InChI is InChI=1S/C54H86FN7O13/c1-15-61(16-2)25-23-57-46(64)45-36(3)42(58-37(45)4)33-41-40-32-38(55)19-20-43(40)62(47(41)65)50(68)71-31-30-69-29-24-56-44(63)18-17-26-70-39(34-72-48(66)59-53(11,12)21-27-74-51(5,6)7)35-73-49(67)60-54(13,14)22-28-75-52(8,9)10/h19-20,32-33,39,58H,15-18,21-31,34-35H2,1-14H3,(H,56,63)(H,57,64)(H,59,66)(H,60,67)/b41-33-. The molecule has 0 saturated heterocycles. The highest BCUT2D eigenvalue weighted by Crippen LogP contribution is 2.39. The molecule has 0 saturated carbocycles. The maximum Gasteiger partial charge on any atom is 0.421 e. The third-order valence-corrected chi connectivity index (χ3v) is 11.8. The lowest BCUT2D eigenvalue weighted by molar-refractivity contribution is -0.122. The minimum atomic E-state index is -0.988. The van der Waals surface area contributed by atoms with Crippen LogP contribution < -0.4 is 26.2 Å². The summed E-state index contributed by atoms with van der Waals surface area (Å²) in [6.07, 6.45) is -0.241. The van der Waals surface area contributed by atoms with Crippen LogP contribution in [0.2, 0.25) is 0 Å². The lowest BCUT2D eigenvalue weighted by Crippen LogP contribution is -2.46. The number of amides is 6. The number of nitrogens with zero attached hydrogens (tertiary/aromatic N) is 2. The summed E-state index contributed by atoms with van der Waals surface area (Å²) in [5.74, 6) is -1.89. The second kappa shape index (κ2) is 29.6. The third-order valence-electron chi connectivity index (χ3n) is 11.8. The summed E-state index contributed by atoms with van der Waals surface area (Å²) < 4.78 is 54.0. The van der Waals surface area contributed by atoms with Crippen LogP contribution in [0.1, 0.15) is 142 Å². The smallest absolute Gasteiger partial charge is 0.421 e. The highest BCUT2D eigenvalue weighted by Gasteiger charge is 2.39. The Labute approximate surface area is 443 Å². The van der Waals surface area contributed by atoms with E-state index < -0.39 is 47.2 Å². The SMILES string of the molecule is CCN(CC)CCNC(=O)c1c(C)[nH]c(/C=C2\C(=O)N(C(=O)OCCOCCNC(=O)CCCOC(COC(=O)NC(C)(C)CCOC(C)(C)C)COC(=O)NC(C)(C)CCOC(C)(C)C)c3ccc(F)cc32)c1C. The van der Waals surface area contributed by atoms with E-state index in [-0.39, 0.29) is 92.4 Å². The van der Waals surface area contributed by atoms with Crippen molar-refractivity contribution in [2.75, 3.05) is 90.5 Å². The zero-order valence-corrected chi connectivity index (χ0v) is 47.0. The van der Waals surface area contributed by atoms with Gasteiger partial charge >= 0.3 is 18.3 Å². The van der Waals surface area contributed by atoms with Crippen LogP contribution in [-0.2, 0) is 42.7 Å². The van der Waals surface area contributed by atoms with Gasteiger partial charge in [-0.05, 0) is 145 Å². The number of halogens is 1. The van der Waals surface area contributed by atoms with E-state index in [1.54, 1.807) is 13.8 Å². The molecule has 0 aliphatic carbocycles. The Morgan fingerprint density at radius 2 is 1.35 bits per heavy atom. The number of anilines is 1. The number of H-pyrrole nitrogens is 1. The molecule has 75 heavy (non-hydrogen) atoms. The Balaban J connectivity index is 1.47. The van der Waals surface area contributed by atoms with Gasteiger partial charge in [-0.3, -0.25) is 14.4 Å². The fourth-order valence-corrected chi connectivity index (χ4v) is 7.59. The molecule has 6 amide bonds. The predicted molar refractivity (Wildman–Crippen MR) is 284 cm³/mol. The zero-order valence-electron chi connectivity index (χ0n) is 47.0. The van der Waals surface area contributed by atoms with E-state index in [9.17, 15) is 33.2 Å². The highest BCUT2D eigenvalue weighted by molar-refractivity contribution is 6.41. The van der Waals surface area contributed by atoms with Crippen LogP contribution >= 0.6 is 0 Å². The molecular weight excluding hydrogens is 974 g/mol. The lowest BCUT2D eigenvalue weighted by Gasteiger charge is -2.29. The molecule has 5 N–H and O–H groups in total. The first kappa shape index (κ1) is 63.7. The van der Waals surface area contributed by atoms with Crippen LogP contribution in [0.3, 0.4) is 0 Å². The summed E-state index contributed by atoms with van der Waals surface area (Å²) in [4.78, 5) is 84.8. The Morgan fingerprint density at radius 1 is 0.760 bits per heavy atom. The number of benzene rings is 1. The molecular formula is C54H86FN7O13. The number of alkyl carbamates (subject to hydrolysis) is 2. The van der Waals surface area contributed by atoms with Crippen molar-refractivity contribution in [3.05, 3.63) is 52.1 Å². The molecule has 20 nitrogen and oxygen atoms in total. The van der Waals surface area contributed by atoms with Gasteiger partial charge in [0.15, 0.2) is 0 Å². The van der Waals surface area contributed by atoms with E-state index in [4.69, 9.17) is 33.2 Å². The fourth-order valence-electron chi connectivity index (χ4n) is 7.59. The summed E-state index contributed by atoms with van der Waals surface area (Å²) in [5, 5.41) is 11.4. The molecule has 21 heteroatoms. The fraction of sp³-hybridized carbons (Fsp3) is 0.667. The number of aryl methyl sites for hydroxylation is 1. The van der Waals surface area contributed by atoms with Gasteiger partial charge in [0.1, 0.15) is 31.7 Å². The number of carbonyl (C=O) groups excluding carboxylic acids is 6. The molecule has 0 radical (unpaired) electrons. The monoisotopic (exact) mass is 1060 g/mol. The predicted octanol–water partition coefficient (Wildman–Crippen LogP) is 7.58. The second-order valence-corrected chi connectivity index (χ2v) is 21.6. The molecule has 1 aliphatic heterocycles. The molecule has 2 aromatic rings. The van der Waals surface area contributed by atoms with Gasteiger partial charge in [0.05, 0.1) is 41.2 Å². The molecule has 422 valence electrons. The van der Waals surface area contributed by atoms with Crippen molar-refractivity contribution in [1.29, 1.82) is 0 Å². The number of hydrogen-bond donors (Lipinski definition) is 5. The number of carbonyl (C=O) groups is 6. The van der Waals surface area contributed by atoms with Crippen LogP contribution in [0, 0.1) is 19.7 Å². The molecule has 1 aromatic carbocycles. The Hall–Kier alpha value is -5.61. The highest BCUT2D eigenvalue weighted by atomic mass is 19.1. The number of hydrogen-bond acceptors (Lipinski definition) is 14. The lowest BCUT2D eigenvalue weighted by atomic mass is 10.0. The average molecular weight is 1060 g/mol. The first-order chi connectivity index (χ1) is 35.0. The summed E-state index contributed by atoms with van der Waals surface area (Å²) in [6, 6.07) is 3.63. The molecule has 1 aromatic heterocycles. The average Bonchev–Trinajstić information content (AvgIpc) is 3.73. The number of aromatic nitrogens is 1. The van der Waals surface area contributed by atoms with Crippen molar-refractivity contribution in [2.45, 2.75) is 151 Å². The van der Waals surface area contributed by atoms with Crippen LogP contribution in [0.4, 0.5) is 24.5 Å².